The van der Waals surface area contributed by atoms with E-state index in [2.05, 4.69) is 10.3 Å². The van der Waals surface area contributed by atoms with Crippen molar-refractivity contribution >= 4 is 11.7 Å². The van der Waals surface area contributed by atoms with E-state index < -0.39 is 0 Å². The predicted octanol–water partition coefficient (Wildman–Crippen LogP) is 3.59. The van der Waals surface area contributed by atoms with Gasteiger partial charge in [0.05, 0.1) is 6.04 Å². The van der Waals surface area contributed by atoms with Gasteiger partial charge < -0.3 is 10.2 Å². The van der Waals surface area contributed by atoms with Crippen LogP contribution < -0.4 is 5.32 Å². The number of hydrogen-bond donors (Lipinski definition) is 1. The molecule has 2 heterocycles. The molecule has 21 heavy (non-hydrogen) atoms. The largest absolute Gasteiger partial charge is 0.322 e. The molecule has 1 atom stereocenters. The SMILES string of the molecule is O=C(Nc1ccc(F)cc1)N1CCCC1c1ccncc1. The van der Waals surface area contributed by atoms with Crippen LogP contribution in [0, 0.1) is 5.82 Å². The normalized spacial score (nSPS) is 17.8. The Morgan fingerprint density at radius 1 is 1.19 bits per heavy atom. The number of nitrogens with zero attached hydrogens (tertiary/aromatic N) is 2. The summed E-state index contributed by atoms with van der Waals surface area (Å²) >= 11 is 0. The molecule has 1 aromatic heterocycles. The molecule has 1 fully saturated rings. The molecule has 1 aliphatic rings. The molecule has 1 saturated heterocycles. The summed E-state index contributed by atoms with van der Waals surface area (Å²) in [6, 6.07) is 9.59. The number of carbonyl (C=O) groups is 1. The first-order chi connectivity index (χ1) is 10.2. The van der Waals surface area contributed by atoms with E-state index in [0.717, 1.165) is 24.9 Å². The number of amides is 2. The van der Waals surface area contributed by atoms with Crippen LogP contribution in [0.4, 0.5) is 14.9 Å². The summed E-state index contributed by atoms with van der Waals surface area (Å²) in [5.74, 6) is -0.316. The minimum Gasteiger partial charge on any atom is -0.317 e. The van der Waals surface area contributed by atoms with Gasteiger partial charge >= 0.3 is 6.03 Å². The monoisotopic (exact) mass is 285 g/mol. The van der Waals surface area contributed by atoms with Crippen LogP contribution in [0.5, 0.6) is 0 Å². The highest BCUT2D eigenvalue weighted by atomic mass is 19.1. The van der Waals surface area contributed by atoms with Gasteiger partial charge in [0.2, 0.25) is 0 Å². The molecule has 0 bridgehead atoms. The Morgan fingerprint density at radius 2 is 1.90 bits per heavy atom. The number of aromatic nitrogens is 1. The minimum absolute atomic E-state index is 0.0773. The van der Waals surface area contributed by atoms with Crippen LogP contribution in [-0.2, 0) is 0 Å². The molecule has 2 aromatic rings. The fraction of sp³-hybridized carbons (Fsp3) is 0.250. The third-order valence-electron chi connectivity index (χ3n) is 3.70. The molecule has 0 radical (unpaired) electrons. The number of carbonyl (C=O) groups excluding carboxylic acids is 1. The van der Waals surface area contributed by atoms with Crippen molar-refractivity contribution in [3.63, 3.8) is 0 Å². The summed E-state index contributed by atoms with van der Waals surface area (Å²) < 4.78 is 12.9. The van der Waals surface area contributed by atoms with Gasteiger partial charge in [0.1, 0.15) is 5.82 Å². The van der Waals surface area contributed by atoms with Crippen LogP contribution in [0.2, 0.25) is 0 Å². The molecular weight excluding hydrogens is 269 g/mol. The number of halogens is 1. The summed E-state index contributed by atoms with van der Waals surface area (Å²) in [7, 11) is 0. The van der Waals surface area contributed by atoms with Crippen molar-refractivity contribution < 1.29 is 9.18 Å². The summed E-state index contributed by atoms with van der Waals surface area (Å²) in [4.78, 5) is 18.2. The predicted molar refractivity (Wildman–Crippen MR) is 78.3 cm³/mol. The number of pyridine rings is 1. The maximum atomic E-state index is 12.9. The molecule has 1 N–H and O–H groups in total. The lowest BCUT2D eigenvalue weighted by Gasteiger charge is -2.25. The van der Waals surface area contributed by atoms with E-state index in [1.165, 1.54) is 12.1 Å². The second-order valence-corrected chi connectivity index (χ2v) is 5.07. The molecule has 0 aliphatic carbocycles. The van der Waals surface area contributed by atoms with Gasteiger partial charge in [0, 0.05) is 24.6 Å². The van der Waals surface area contributed by atoms with Crippen LogP contribution >= 0.6 is 0 Å². The van der Waals surface area contributed by atoms with Crippen molar-refractivity contribution in [2.75, 3.05) is 11.9 Å². The van der Waals surface area contributed by atoms with Gasteiger partial charge in [-0.2, -0.15) is 0 Å². The second kappa shape index (κ2) is 5.91. The lowest BCUT2D eigenvalue weighted by Crippen LogP contribution is -2.34. The van der Waals surface area contributed by atoms with Crippen molar-refractivity contribution in [1.29, 1.82) is 0 Å². The van der Waals surface area contributed by atoms with Gasteiger partial charge in [0.25, 0.3) is 0 Å². The summed E-state index contributed by atoms with van der Waals surface area (Å²) in [5, 5.41) is 2.82. The van der Waals surface area contributed by atoms with Gasteiger partial charge in [-0.15, -0.1) is 0 Å². The molecule has 2 amide bonds. The standard InChI is InChI=1S/C16H16FN3O/c17-13-3-5-14(6-4-13)19-16(21)20-11-1-2-15(20)12-7-9-18-10-8-12/h3-10,15H,1-2,11H2,(H,19,21). The Kier molecular flexibility index (Phi) is 3.81. The molecule has 1 aromatic carbocycles. The van der Waals surface area contributed by atoms with E-state index in [-0.39, 0.29) is 17.9 Å². The van der Waals surface area contributed by atoms with Crippen molar-refractivity contribution in [3.05, 3.63) is 60.2 Å². The van der Waals surface area contributed by atoms with E-state index in [0.29, 0.717) is 5.69 Å². The van der Waals surface area contributed by atoms with E-state index in [1.807, 2.05) is 17.0 Å². The van der Waals surface area contributed by atoms with Crippen LogP contribution in [0.3, 0.4) is 0 Å². The average Bonchev–Trinajstić information content (AvgIpc) is 3.00. The number of nitrogens with one attached hydrogen (secondary N) is 1. The van der Waals surface area contributed by atoms with Gasteiger partial charge in [-0.25, -0.2) is 9.18 Å². The lowest BCUT2D eigenvalue weighted by atomic mass is 10.1. The first-order valence-electron chi connectivity index (χ1n) is 6.97. The van der Waals surface area contributed by atoms with Crippen LogP contribution in [-0.4, -0.2) is 22.5 Å². The third-order valence-corrected chi connectivity index (χ3v) is 3.70. The minimum atomic E-state index is -0.316. The zero-order chi connectivity index (χ0) is 14.7. The highest BCUT2D eigenvalue weighted by Gasteiger charge is 2.29. The topological polar surface area (TPSA) is 45.2 Å². The zero-order valence-corrected chi connectivity index (χ0v) is 11.5. The number of rotatable bonds is 2. The molecule has 0 spiro atoms. The van der Waals surface area contributed by atoms with Gasteiger partial charge in [0.15, 0.2) is 0 Å². The number of urea groups is 1. The zero-order valence-electron chi connectivity index (χ0n) is 11.5. The quantitative estimate of drug-likeness (QED) is 0.916. The highest BCUT2D eigenvalue weighted by molar-refractivity contribution is 5.89. The highest BCUT2D eigenvalue weighted by Crippen LogP contribution is 2.31. The molecule has 0 saturated carbocycles. The number of likely N-dealkylation sites (tertiary alicyclic amines) is 1. The molecule has 5 heteroatoms. The van der Waals surface area contributed by atoms with Crippen LogP contribution in [0.15, 0.2) is 48.8 Å². The molecular formula is C16H16FN3O. The first kappa shape index (κ1) is 13.5. The fourth-order valence-corrected chi connectivity index (χ4v) is 2.67. The van der Waals surface area contributed by atoms with Crippen molar-refractivity contribution in [3.8, 4) is 0 Å². The fourth-order valence-electron chi connectivity index (χ4n) is 2.67. The van der Waals surface area contributed by atoms with Crippen molar-refractivity contribution in [2.24, 2.45) is 0 Å². The van der Waals surface area contributed by atoms with E-state index >= 15 is 0 Å². The van der Waals surface area contributed by atoms with Crippen molar-refractivity contribution in [1.82, 2.24) is 9.88 Å². The smallest absolute Gasteiger partial charge is 0.317 e. The summed E-state index contributed by atoms with van der Waals surface area (Å²) in [6.07, 6.45) is 5.40. The van der Waals surface area contributed by atoms with Crippen molar-refractivity contribution in [2.45, 2.75) is 18.9 Å². The maximum absolute atomic E-state index is 12.9. The summed E-state index contributed by atoms with van der Waals surface area (Å²) in [5.41, 5.74) is 1.69. The van der Waals surface area contributed by atoms with E-state index in [1.54, 1.807) is 24.5 Å². The van der Waals surface area contributed by atoms with Crippen LogP contribution in [0.1, 0.15) is 24.4 Å². The Balaban J connectivity index is 1.73. The molecule has 3 rings (SSSR count). The summed E-state index contributed by atoms with van der Waals surface area (Å²) in [6.45, 7) is 0.722. The van der Waals surface area contributed by atoms with E-state index in [4.69, 9.17) is 0 Å². The Hall–Kier alpha value is -2.43. The first-order valence-corrected chi connectivity index (χ1v) is 6.97. The molecule has 108 valence electrons. The number of anilines is 1. The van der Waals surface area contributed by atoms with Gasteiger partial charge in [-0.3, -0.25) is 4.98 Å². The Morgan fingerprint density at radius 3 is 2.62 bits per heavy atom. The third kappa shape index (κ3) is 3.02. The van der Waals surface area contributed by atoms with Gasteiger partial charge in [-0.1, -0.05) is 0 Å². The average molecular weight is 285 g/mol. The van der Waals surface area contributed by atoms with Gasteiger partial charge in [-0.05, 0) is 54.8 Å². The molecule has 1 aliphatic heterocycles. The number of benzene rings is 1. The Bertz CT molecular complexity index is 615. The van der Waals surface area contributed by atoms with Crippen LogP contribution in [0.25, 0.3) is 0 Å². The number of hydrogen-bond acceptors (Lipinski definition) is 2. The maximum Gasteiger partial charge on any atom is 0.322 e. The second-order valence-electron chi connectivity index (χ2n) is 5.07. The Labute approximate surface area is 122 Å². The molecule has 4 nitrogen and oxygen atoms in total. The lowest BCUT2D eigenvalue weighted by molar-refractivity contribution is 0.207. The van der Waals surface area contributed by atoms with E-state index in [9.17, 15) is 9.18 Å². The molecule has 1 unspecified atom stereocenters.